The van der Waals surface area contributed by atoms with Crippen molar-refractivity contribution in [3.8, 4) is 11.6 Å². The van der Waals surface area contributed by atoms with Crippen molar-refractivity contribution >= 4 is 15.9 Å². The van der Waals surface area contributed by atoms with Gasteiger partial charge in [-0.1, -0.05) is 15.9 Å². The Balaban J connectivity index is 2.50. The van der Waals surface area contributed by atoms with Gasteiger partial charge in [0.15, 0.2) is 0 Å². The molecule has 0 aliphatic rings. The third kappa shape index (κ3) is 2.27. The number of aromatic amines is 1. The Kier molecular flexibility index (Phi) is 3.35. The number of nitrogens with zero attached hydrogens (tertiary/aromatic N) is 1. The van der Waals surface area contributed by atoms with Crippen molar-refractivity contribution < 1.29 is 10.2 Å². The average Bonchev–Trinajstić information content (AvgIpc) is 2.59. The summed E-state index contributed by atoms with van der Waals surface area (Å²) in [5.41, 5.74) is 0.446. The van der Waals surface area contributed by atoms with Crippen LogP contribution in [0.15, 0.2) is 33.5 Å². The highest BCUT2D eigenvalue weighted by molar-refractivity contribution is 9.10. The molecule has 0 aliphatic carbocycles. The van der Waals surface area contributed by atoms with Crippen LogP contribution in [0.4, 0.5) is 0 Å². The number of halogens is 1. The van der Waals surface area contributed by atoms with Crippen LogP contribution in [0.3, 0.4) is 0 Å². The number of hydrogen-bond donors (Lipinski definition) is 3. The van der Waals surface area contributed by atoms with E-state index in [0.29, 0.717) is 5.69 Å². The molecule has 0 bridgehead atoms. The maximum atomic E-state index is 11.5. The van der Waals surface area contributed by atoms with E-state index in [1.54, 1.807) is 24.3 Å². The first-order valence-corrected chi connectivity index (χ1v) is 5.82. The minimum atomic E-state index is -0.389. The predicted molar refractivity (Wildman–Crippen MR) is 66.5 cm³/mol. The van der Waals surface area contributed by atoms with Crippen LogP contribution in [-0.2, 0) is 6.42 Å². The van der Waals surface area contributed by atoms with Gasteiger partial charge in [-0.3, -0.25) is 9.89 Å². The summed E-state index contributed by atoms with van der Waals surface area (Å²) in [6, 6.07) is 7.11. The predicted octanol–water partition coefficient (Wildman–Crippen LogP) is 1.17. The molecule has 1 aromatic carbocycles. The Morgan fingerprint density at radius 3 is 2.53 bits per heavy atom. The second kappa shape index (κ2) is 4.77. The van der Waals surface area contributed by atoms with E-state index in [1.807, 2.05) is 0 Å². The maximum absolute atomic E-state index is 11.5. The van der Waals surface area contributed by atoms with Crippen LogP contribution < -0.4 is 5.56 Å². The van der Waals surface area contributed by atoms with E-state index in [0.717, 1.165) is 4.47 Å². The van der Waals surface area contributed by atoms with Crippen molar-refractivity contribution in [1.82, 2.24) is 9.78 Å². The fourth-order valence-electron chi connectivity index (χ4n) is 1.57. The zero-order valence-corrected chi connectivity index (χ0v) is 10.4. The molecule has 5 nitrogen and oxygen atoms in total. The average molecular weight is 299 g/mol. The fourth-order valence-corrected chi connectivity index (χ4v) is 1.84. The van der Waals surface area contributed by atoms with E-state index >= 15 is 0 Å². The molecule has 0 amide bonds. The Morgan fingerprint density at radius 1 is 1.29 bits per heavy atom. The van der Waals surface area contributed by atoms with Crippen LogP contribution in [0.5, 0.6) is 5.88 Å². The number of benzene rings is 1. The Hall–Kier alpha value is -1.53. The lowest BCUT2D eigenvalue weighted by Gasteiger charge is -2.04. The molecule has 0 saturated heterocycles. The van der Waals surface area contributed by atoms with Gasteiger partial charge < -0.3 is 10.2 Å². The molecule has 6 heteroatoms. The molecular weight excluding hydrogens is 288 g/mol. The van der Waals surface area contributed by atoms with Crippen molar-refractivity contribution in [3.63, 3.8) is 0 Å². The van der Waals surface area contributed by atoms with Gasteiger partial charge >= 0.3 is 0 Å². The lowest BCUT2D eigenvalue weighted by molar-refractivity contribution is 0.296. The molecular formula is C11H11BrN2O3. The van der Waals surface area contributed by atoms with Crippen LogP contribution >= 0.6 is 15.9 Å². The number of nitrogens with one attached hydrogen (secondary N) is 1. The quantitative estimate of drug-likeness (QED) is 0.796. The largest absolute Gasteiger partial charge is 0.493 e. The van der Waals surface area contributed by atoms with Crippen molar-refractivity contribution in [2.45, 2.75) is 6.42 Å². The van der Waals surface area contributed by atoms with Crippen molar-refractivity contribution in [2.24, 2.45) is 0 Å². The van der Waals surface area contributed by atoms with Gasteiger partial charge in [-0.25, -0.2) is 4.68 Å². The minimum Gasteiger partial charge on any atom is -0.493 e. The number of aliphatic hydroxyl groups is 1. The van der Waals surface area contributed by atoms with Gasteiger partial charge in [-0.2, -0.15) is 0 Å². The van der Waals surface area contributed by atoms with E-state index < -0.39 is 0 Å². The molecule has 0 fully saturated rings. The van der Waals surface area contributed by atoms with Crippen molar-refractivity contribution in [2.75, 3.05) is 6.61 Å². The maximum Gasteiger partial charge on any atom is 0.271 e. The van der Waals surface area contributed by atoms with Gasteiger partial charge in [0.25, 0.3) is 5.56 Å². The Bertz CT molecular complexity index is 571. The van der Waals surface area contributed by atoms with E-state index in [2.05, 4.69) is 21.0 Å². The van der Waals surface area contributed by atoms with Gasteiger partial charge in [-0.05, 0) is 24.3 Å². The van der Waals surface area contributed by atoms with E-state index in [4.69, 9.17) is 5.11 Å². The molecule has 3 N–H and O–H groups in total. The molecule has 0 radical (unpaired) electrons. The summed E-state index contributed by atoms with van der Waals surface area (Å²) in [5, 5.41) is 21.2. The standard InChI is InChI=1S/C11H11BrN2O3/c12-7-1-3-8(4-2-7)14-11(17)9(5-6-15)10(16)13-14/h1-4,15,17H,5-6H2,(H,13,16). The summed E-state index contributed by atoms with van der Waals surface area (Å²) in [7, 11) is 0. The SMILES string of the molecule is O=c1[nH]n(-c2ccc(Br)cc2)c(O)c1CCO. The zero-order valence-electron chi connectivity index (χ0n) is 8.85. The summed E-state index contributed by atoms with van der Waals surface area (Å²) in [6.07, 6.45) is 0.130. The van der Waals surface area contributed by atoms with Crippen LogP contribution in [0.1, 0.15) is 5.56 Å². The molecule has 17 heavy (non-hydrogen) atoms. The van der Waals surface area contributed by atoms with Gasteiger partial charge in [0.05, 0.1) is 11.3 Å². The van der Waals surface area contributed by atoms with E-state index in [9.17, 15) is 9.90 Å². The molecule has 0 atom stereocenters. The smallest absolute Gasteiger partial charge is 0.271 e. The van der Waals surface area contributed by atoms with Crippen LogP contribution in [-0.4, -0.2) is 26.6 Å². The number of hydrogen-bond acceptors (Lipinski definition) is 3. The van der Waals surface area contributed by atoms with E-state index in [1.165, 1.54) is 4.68 Å². The number of aliphatic hydroxyl groups excluding tert-OH is 1. The van der Waals surface area contributed by atoms with Gasteiger partial charge in [0.1, 0.15) is 0 Å². The lowest BCUT2D eigenvalue weighted by atomic mass is 10.2. The summed E-state index contributed by atoms with van der Waals surface area (Å²) in [6.45, 7) is -0.180. The first-order chi connectivity index (χ1) is 8.13. The highest BCUT2D eigenvalue weighted by Gasteiger charge is 2.14. The first-order valence-electron chi connectivity index (χ1n) is 5.03. The van der Waals surface area contributed by atoms with Crippen molar-refractivity contribution in [1.29, 1.82) is 0 Å². The second-order valence-electron chi connectivity index (χ2n) is 3.53. The highest BCUT2D eigenvalue weighted by atomic mass is 79.9. The summed E-state index contributed by atoms with van der Waals surface area (Å²) >= 11 is 3.30. The minimum absolute atomic E-state index is 0.130. The first kappa shape index (κ1) is 11.9. The number of rotatable bonds is 3. The Morgan fingerprint density at radius 2 is 1.94 bits per heavy atom. The molecule has 0 spiro atoms. The summed E-state index contributed by atoms with van der Waals surface area (Å²) in [5.74, 6) is -0.161. The fraction of sp³-hybridized carbons (Fsp3) is 0.182. The van der Waals surface area contributed by atoms with Crippen molar-refractivity contribution in [3.05, 3.63) is 44.7 Å². The van der Waals surface area contributed by atoms with Crippen LogP contribution in [0.2, 0.25) is 0 Å². The zero-order chi connectivity index (χ0) is 12.4. The number of aromatic hydroxyl groups is 1. The molecule has 0 aliphatic heterocycles. The molecule has 90 valence electrons. The molecule has 1 heterocycles. The Labute approximate surface area is 105 Å². The molecule has 0 saturated carbocycles. The molecule has 1 aromatic heterocycles. The topological polar surface area (TPSA) is 78.2 Å². The van der Waals surface area contributed by atoms with Gasteiger partial charge in [-0.15, -0.1) is 0 Å². The van der Waals surface area contributed by atoms with Gasteiger partial charge in [0, 0.05) is 17.5 Å². The normalized spacial score (nSPS) is 10.7. The van der Waals surface area contributed by atoms with E-state index in [-0.39, 0.29) is 30.0 Å². The van der Waals surface area contributed by atoms with Crippen LogP contribution in [0, 0.1) is 0 Å². The monoisotopic (exact) mass is 298 g/mol. The van der Waals surface area contributed by atoms with Crippen LogP contribution in [0.25, 0.3) is 5.69 Å². The third-order valence-corrected chi connectivity index (χ3v) is 2.94. The summed E-state index contributed by atoms with van der Waals surface area (Å²) < 4.78 is 2.20. The highest BCUT2D eigenvalue weighted by Crippen LogP contribution is 2.20. The van der Waals surface area contributed by atoms with Gasteiger partial charge in [0.2, 0.25) is 5.88 Å². The molecule has 2 rings (SSSR count). The lowest BCUT2D eigenvalue weighted by Crippen LogP contribution is -2.08. The molecule has 2 aromatic rings. The third-order valence-electron chi connectivity index (χ3n) is 2.42. The number of aromatic nitrogens is 2. The second-order valence-corrected chi connectivity index (χ2v) is 4.44. The number of H-pyrrole nitrogens is 1. The summed E-state index contributed by atoms with van der Waals surface area (Å²) in [4.78, 5) is 11.5. The molecule has 0 unspecified atom stereocenters.